The number of aryl methyl sites for hydroxylation is 1. The van der Waals surface area contributed by atoms with Crippen LogP contribution in [0.15, 0.2) is 53.4 Å². The van der Waals surface area contributed by atoms with Gasteiger partial charge < -0.3 is 9.08 Å². The van der Waals surface area contributed by atoms with E-state index in [0.717, 1.165) is 18.5 Å². The Hall–Kier alpha value is -2.54. The molecule has 0 unspecified atom stereocenters. The highest BCUT2D eigenvalue weighted by Gasteiger charge is 2.29. The number of carbonyl (C=O) groups excluding carboxylic acids is 1. The maximum atomic E-state index is 12.4. The Labute approximate surface area is 154 Å². The van der Waals surface area contributed by atoms with Crippen LogP contribution in [0, 0.1) is 6.92 Å². The zero-order valence-electron chi connectivity index (χ0n) is 14.9. The fourth-order valence-electron chi connectivity index (χ4n) is 2.86. The molecule has 1 aliphatic heterocycles. The quantitative estimate of drug-likeness (QED) is 0.727. The average Bonchev–Trinajstić information content (AvgIpc) is 2.98. The van der Waals surface area contributed by atoms with E-state index in [-0.39, 0.29) is 16.7 Å². The molecule has 1 heterocycles. The van der Waals surface area contributed by atoms with E-state index < -0.39 is 10.1 Å². The average molecular weight is 374 g/mol. The van der Waals surface area contributed by atoms with Gasteiger partial charge in [-0.3, -0.25) is 4.90 Å². The second kappa shape index (κ2) is 7.37. The fourth-order valence-corrected chi connectivity index (χ4v) is 3.79. The molecule has 0 atom stereocenters. The van der Waals surface area contributed by atoms with Crippen molar-refractivity contribution in [2.24, 2.45) is 0 Å². The van der Waals surface area contributed by atoms with Crippen LogP contribution in [0.1, 0.15) is 18.9 Å². The van der Waals surface area contributed by atoms with Crippen LogP contribution in [-0.4, -0.2) is 39.0 Å². The van der Waals surface area contributed by atoms with E-state index >= 15 is 0 Å². The molecule has 138 valence electrons. The first-order valence-corrected chi connectivity index (χ1v) is 9.99. The number of hydrogen-bond donors (Lipinski definition) is 0. The van der Waals surface area contributed by atoms with Crippen molar-refractivity contribution < 1.29 is 17.4 Å². The second-order valence-corrected chi connectivity index (χ2v) is 7.81. The van der Waals surface area contributed by atoms with Gasteiger partial charge in [-0.15, -0.1) is 0 Å². The van der Waals surface area contributed by atoms with Gasteiger partial charge >= 0.3 is 16.1 Å². The Morgan fingerprint density at radius 1 is 1.00 bits per heavy atom. The summed E-state index contributed by atoms with van der Waals surface area (Å²) in [6.45, 7) is 5.96. The first kappa shape index (κ1) is 18.3. The first-order chi connectivity index (χ1) is 12.4. The van der Waals surface area contributed by atoms with Crippen LogP contribution in [0.25, 0.3) is 0 Å². The van der Waals surface area contributed by atoms with Crippen LogP contribution in [-0.2, 0) is 10.1 Å². The Morgan fingerprint density at radius 2 is 1.65 bits per heavy atom. The Morgan fingerprint density at radius 3 is 2.27 bits per heavy atom. The van der Waals surface area contributed by atoms with E-state index in [2.05, 4.69) is 0 Å². The molecule has 1 saturated heterocycles. The Balaban J connectivity index is 1.74. The van der Waals surface area contributed by atoms with Crippen molar-refractivity contribution in [2.75, 3.05) is 24.5 Å². The van der Waals surface area contributed by atoms with E-state index in [0.29, 0.717) is 18.8 Å². The summed E-state index contributed by atoms with van der Waals surface area (Å²) in [5, 5.41) is 0. The summed E-state index contributed by atoms with van der Waals surface area (Å²) in [6, 6.07) is 13.0. The van der Waals surface area contributed by atoms with Crippen molar-refractivity contribution in [3.05, 3.63) is 54.1 Å². The fraction of sp³-hybridized carbons (Fsp3) is 0.316. The summed E-state index contributed by atoms with van der Waals surface area (Å²) in [5.41, 5.74) is 1.70. The highest BCUT2D eigenvalue weighted by Crippen LogP contribution is 2.24. The van der Waals surface area contributed by atoms with E-state index in [1.807, 2.05) is 13.8 Å². The normalized spacial score (nSPS) is 14.8. The number of urea groups is 1. The maximum Gasteiger partial charge on any atom is 0.339 e. The molecule has 0 radical (unpaired) electrons. The third-order valence-corrected chi connectivity index (χ3v) is 5.51. The Kier molecular flexibility index (Phi) is 5.18. The molecule has 3 rings (SSSR count). The van der Waals surface area contributed by atoms with Crippen LogP contribution in [0.4, 0.5) is 10.5 Å². The van der Waals surface area contributed by atoms with Crippen molar-refractivity contribution in [3.8, 4) is 5.75 Å². The summed E-state index contributed by atoms with van der Waals surface area (Å²) in [7, 11) is -3.91. The molecule has 1 aliphatic rings. The first-order valence-electron chi connectivity index (χ1n) is 8.58. The van der Waals surface area contributed by atoms with Gasteiger partial charge in [0.1, 0.15) is 10.6 Å². The predicted octanol–water partition coefficient (Wildman–Crippen LogP) is 3.41. The van der Waals surface area contributed by atoms with Crippen LogP contribution >= 0.6 is 0 Å². The van der Waals surface area contributed by atoms with Gasteiger partial charge in [0.2, 0.25) is 0 Å². The highest BCUT2D eigenvalue weighted by molar-refractivity contribution is 7.87. The molecular weight excluding hydrogens is 352 g/mol. The SMILES string of the molecule is CCCN1CCN(c2ccc(S(=O)(=O)Oc3ccc(C)cc3)cc2)C1=O. The van der Waals surface area contributed by atoms with Crippen LogP contribution in [0.5, 0.6) is 5.75 Å². The van der Waals surface area contributed by atoms with E-state index in [9.17, 15) is 13.2 Å². The number of rotatable bonds is 6. The molecule has 6 nitrogen and oxygen atoms in total. The van der Waals surface area contributed by atoms with Gasteiger partial charge in [0.15, 0.2) is 0 Å². The lowest BCUT2D eigenvalue weighted by Crippen LogP contribution is -2.32. The summed E-state index contributed by atoms with van der Waals surface area (Å²) in [6.07, 6.45) is 0.910. The van der Waals surface area contributed by atoms with Crippen molar-refractivity contribution in [1.82, 2.24) is 4.90 Å². The zero-order chi connectivity index (χ0) is 18.7. The van der Waals surface area contributed by atoms with Gasteiger partial charge in [-0.25, -0.2) is 4.79 Å². The van der Waals surface area contributed by atoms with Crippen molar-refractivity contribution >= 4 is 21.8 Å². The van der Waals surface area contributed by atoms with Gasteiger partial charge in [-0.05, 0) is 49.7 Å². The number of amides is 2. The lowest BCUT2D eigenvalue weighted by Gasteiger charge is -2.18. The summed E-state index contributed by atoms with van der Waals surface area (Å²) in [4.78, 5) is 15.9. The van der Waals surface area contributed by atoms with E-state index in [1.165, 1.54) is 12.1 Å². The van der Waals surface area contributed by atoms with Crippen LogP contribution in [0.2, 0.25) is 0 Å². The number of carbonyl (C=O) groups is 1. The smallest absolute Gasteiger partial charge is 0.339 e. The highest BCUT2D eigenvalue weighted by atomic mass is 32.2. The van der Waals surface area contributed by atoms with Crippen molar-refractivity contribution in [1.29, 1.82) is 0 Å². The predicted molar refractivity (Wildman–Crippen MR) is 100 cm³/mol. The molecule has 1 fully saturated rings. The molecule has 0 bridgehead atoms. The molecule has 26 heavy (non-hydrogen) atoms. The number of nitrogens with zero attached hydrogens (tertiary/aromatic N) is 2. The van der Waals surface area contributed by atoms with Gasteiger partial charge in [-0.1, -0.05) is 24.6 Å². The zero-order valence-corrected chi connectivity index (χ0v) is 15.7. The number of benzene rings is 2. The molecule has 0 aromatic heterocycles. The monoisotopic (exact) mass is 374 g/mol. The molecular formula is C19H22N2O4S. The molecule has 2 aromatic carbocycles. The molecule has 0 saturated carbocycles. The standard InChI is InChI=1S/C19H22N2O4S/c1-3-12-20-13-14-21(19(20)22)16-6-10-18(11-7-16)26(23,24)25-17-8-4-15(2)5-9-17/h4-11H,3,12-14H2,1-2H3. The number of anilines is 1. The van der Waals surface area contributed by atoms with Gasteiger partial charge in [0.05, 0.1) is 0 Å². The molecule has 0 spiro atoms. The number of hydrogen-bond acceptors (Lipinski definition) is 4. The molecule has 2 amide bonds. The minimum absolute atomic E-state index is 0.0432. The summed E-state index contributed by atoms with van der Waals surface area (Å²) >= 11 is 0. The van der Waals surface area contributed by atoms with Gasteiger partial charge in [0.25, 0.3) is 0 Å². The van der Waals surface area contributed by atoms with Crippen LogP contribution in [0.3, 0.4) is 0 Å². The molecule has 0 N–H and O–H groups in total. The lowest BCUT2D eigenvalue weighted by molar-refractivity contribution is 0.220. The molecule has 2 aromatic rings. The minimum Gasteiger partial charge on any atom is -0.379 e. The third kappa shape index (κ3) is 3.83. The lowest BCUT2D eigenvalue weighted by atomic mass is 10.2. The largest absolute Gasteiger partial charge is 0.379 e. The Bertz CT molecular complexity index is 877. The summed E-state index contributed by atoms with van der Waals surface area (Å²) in [5.74, 6) is 0.268. The van der Waals surface area contributed by atoms with E-state index in [4.69, 9.17) is 4.18 Å². The third-order valence-electron chi connectivity index (χ3n) is 4.25. The van der Waals surface area contributed by atoms with E-state index in [1.54, 1.807) is 46.2 Å². The summed E-state index contributed by atoms with van der Waals surface area (Å²) < 4.78 is 30.0. The van der Waals surface area contributed by atoms with Crippen molar-refractivity contribution in [2.45, 2.75) is 25.2 Å². The second-order valence-electron chi connectivity index (χ2n) is 6.27. The van der Waals surface area contributed by atoms with Crippen molar-refractivity contribution in [3.63, 3.8) is 0 Å². The van der Waals surface area contributed by atoms with Crippen LogP contribution < -0.4 is 9.08 Å². The maximum absolute atomic E-state index is 12.4. The molecule has 0 aliphatic carbocycles. The minimum atomic E-state index is -3.91. The van der Waals surface area contributed by atoms with Gasteiger partial charge in [-0.2, -0.15) is 8.42 Å². The topological polar surface area (TPSA) is 66.9 Å². The van der Waals surface area contributed by atoms with Gasteiger partial charge in [0, 0.05) is 25.3 Å². The molecule has 7 heteroatoms.